The molecule has 220 valence electrons. The van der Waals surface area contributed by atoms with Gasteiger partial charge < -0.3 is 15.0 Å². The van der Waals surface area contributed by atoms with E-state index in [0.29, 0.717) is 41.3 Å². The number of piperidine rings is 1. The molecule has 9 nitrogen and oxygen atoms in total. The number of rotatable bonds is 5. The summed E-state index contributed by atoms with van der Waals surface area (Å²) in [6, 6.07) is 20.4. The van der Waals surface area contributed by atoms with Crippen molar-refractivity contribution in [2.75, 3.05) is 18.0 Å². The first-order chi connectivity index (χ1) is 20.9. The second-order valence-corrected chi connectivity index (χ2v) is 12.3. The van der Waals surface area contributed by atoms with Crippen LogP contribution in [0.3, 0.4) is 0 Å². The molecular formula is C34H34N4O5. The Morgan fingerprint density at radius 1 is 0.791 bits per heavy atom. The van der Waals surface area contributed by atoms with Crippen LogP contribution in [0.5, 0.6) is 0 Å². The van der Waals surface area contributed by atoms with Crippen LogP contribution in [0.1, 0.15) is 80.8 Å². The third kappa shape index (κ3) is 4.54. The number of imide groups is 1. The molecule has 0 spiro atoms. The number of fused-ring (bicyclic) bond motifs is 3. The van der Waals surface area contributed by atoms with E-state index in [1.165, 1.54) is 10.5 Å². The van der Waals surface area contributed by atoms with Gasteiger partial charge >= 0.3 is 0 Å². The molecule has 1 N–H and O–H groups in total. The van der Waals surface area contributed by atoms with Crippen LogP contribution in [0.2, 0.25) is 0 Å². The Kier molecular flexibility index (Phi) is 6.20. The summed E-state index contributed by atoms with van der Waals surface area (Å²) in [5.41, 5.74) is 5.53. The summed E-state index contributed by atoms with van der Waals surface area (Å²) < 4.78 is 5.43. The van der Waals surface area contributed by atoms with Crippen LogP contribution in [0.4, 0.5) is 5.69 Å². The van der Waals surface area contributed by atoms with Crippen molar-refractivity contribution in [3.8, 4) is 0 Å². The first-order valence-corrected chi connectivity index (χ1v) is 15.1. The number of nitrogens with zero attached hydrogens (tertiary/aromatic N) is 3. The quantitative estimate of drug-likeness (QED) is 0.362. The van der Waals surface area contributed by atoms with Crippen LogP contribution in [-0.4, -0.2) is 64.9 Å². The lowest BCUT2D eigenvalue weighted by molar-refractivity contribution is -0.126. The number of hydrogen-bond donors (Lipinski definition) is 1. The highest BCUT2D eigenvalue weighted by molar-refractivity contribution is 6.34. The zero-order valence-electron chi connectivity index (χ0n) is 23.7. The second-order valence-electron chi connectivity index (χ2n) is 12.3. The van der Waals surface area contributed by atoms with Crippen LogP contribution >= 0.6 is 0 Å². The fourth-order valence-electron chi connectivity index (χ4n) is 7.25. The van der Waals surface area contributed by atoms with E-state index in [1.54, 1.807) is 29.2 Å². The molecule has 3 aromatic carbocycles. The van der Waals surface area contributed by atoms with Crippen molar-refractivity contribution >= 4 is 29.3 Å². The molecule has 43 heavy (non-hydrogen) atoms. The van der Waals surface area contributed by atoms with Crippen molar-refractivity contribution in [1.29, 1.82) is 0 Å². The second kappa shape index (κ2) is 10.1. The Bertz CT molecular complexity index is 1650. The number of carbonyl (C=O) groups is 4. The van der Waals surface area contributed by atoms with E-state index in [-0.39, 0.29) is 37.4 Å². The minimum Gasteiger partial charge on any atom is -0.348 e. The Morgan fingerprint density at radius 2 is 1.56 bits per heavy atom. The number of benzene rings is 3. The maximum atomic E-state index is 13.2. The highest BCUT2D eigenvalue weighted by Gasteiger charge is 2.47. The van der Waals surface area contributed by atoms with Crippen molar-refractivity contribution in [2.45, 2.75) is 63.1 Å². The predicted octanol–water partition coefficient (Wildman–Crippen LogP) is 4.07. The Labute approximate surface area is 250 Å². The molecule has 0 bridgehead atoms. The number of likely N-dealkylation sites (tertiary alicyclic amines) is 1. The number of amides is 4. The average Bonchev–Trinajstić information content (AvgIpc) is 3.64. The molecular weight excluding hydrogens is 544 g/mol. The number of nitrogens with one attached hydrogen (secondary N) is 1. The normalized spacial score (nSPS) is 25.3. The fraction of sp³-hybridized carbons (Fsp3) is 0.353. The third-order valence-corrected chi connectivity index (χ3v) is 9.66. The van der Waals surface area contributed by atoms with E-state index in [1.807, 2.05) is 30.3 Å². The van der Waals surface area contributed by atoms with E-state index in [4.69, 9.17) is 4.74 Å². The molecule has 3 aromatic rings. The van der Waals surface area contributed by atoms with Gasteiger partial charge in [0.05, 0.1) is 16.8 Å². The van der Waals surface area contributed by atoms with Crippen molar-refractivity contribution in [1.82, 2.24) is 15.1 Å². The smallest absolute Gasteiger partial charge is 0.266 e. The van der Waals surface area contributed by atoms with Gasteiger partial charge in [0.1, 0.15) is 12.1 Å². The topological polar surface area (TPSA) is 103 Å². The van der Waals surface area contributed by atoms with E-state index >= 15 is 0 Å². The highest BCUT2D eigenvalue weighted by Crippen LogP contribution is 2.36. The van der Waals surface area contributed by atoms with E-state index < -0.39 is 6.04 Å². The first-order valence-electron chi connectivity index (χ1n) is 15.1. The summed E-state index contributed by atoms with van der Waals surface area (Å²) in [6.07, 6.45) is 3.32. The molecule has 9 heteroatoms. The maximum absolute atomic E-state index is 13.2. The maximum Gasteiger partial charge on any atom is 0.266 e. The van der Waals surface area contributed by atoms with Gasteiger partial charge in [-0.1, -0.05) is 36.4 Å². The summed E-state index contributed by atoms with van der Waals surface area (Å²) >= 11 is 0. The lowest BCUT2D eigenvalue weighted by atomic mass is 9.87. The van der Waals surface area contributed by atoms with E-state index in [0.717, 1.165) is 50.0 Å². The van der Waals surface area contributed by atoms with Gasteiger partial charge in [-0.05, 0) is 91.7 Å². The largest absolute Gasteiger partial charge is 0.348 e. The Hall–Kier alpha value is -4.34. The molecule has 0 saturated carbocycles. The van der Waals surface area contributed by atoms with Crippen LogP contribution in [0.25, 0.3) is 0 Å². The summed E-state index contributed by atoms with van der Waals surface area (Å²) in [5, 5.41) is 2.91. The van der Waals surface area contributed by atoms with Gasteiger partial charge in [-0.3, -0.25) is 24.1 Å². The first kappa shape index (κ1) is 26.3. The minimum atomic E-state index is -0.446. The van der Waals surface area contributed by atoms with E-state index in [9.17, 15) is 19.2 Å². The van der Waals surface area contributed by atoms with Gasteiger partial charge in [0.2, 0.25) is 5.91 Å². The lowest BCUT2D eigenvalue weighted by Crippen LogP contribution is -2.46. The van der Waals surface area contributed by atoms with Crippen LogP contribution in [0.15, 0.2) is 66.7 Å². The molecule has 5 aliphatic rings. The molecule has 3 atom stereocenters. The summed E-state index contributed by atoms with van der Waals surface area (Å²) in [5.74, 6) is -0.326. The molecule has 3 saturated heterocycles. The lowest BCUT2D eigenvalue weighted by Gasteiger charge is -2.32. The van der Waals surface area contributed by atoms with Crippen molar-refractivity contribution < 1.29 is 25.3 Å². The number of ether oxygens (including phenoxy) is 1. The summed E-state index contributed by atoms with van der Waals surface area (Å²) in [6.45, 7) is 3.07. The zero-order chi connectivity index (χ0) is 29.2. The van der Waals surface area contributed by atoms with Crippen molar-refractivity contribution in [3.63, 3.8) is 0 Å². The average molecular weight is 579 g/mol. The molecule has 0 aromatic heterocycles. The third-order valence-electron chi connectivity index (χ3n) is 9.66. The monoisotopic (exact) mass is 578 g/mol. The van der Waals surface area contributed by atoms with Gasteiger partial charge in [0.25, 0.3) is 17.7 Å². The Balaban J connectivity index is 0.00000312. The van der Waals surface area contributed by atoms with Crippen LogP contribution in [0, 0.1) is 0 Å². The molecule has 0 radical (unpaired) electrons. The van der Waals surface area contributed by atoms with Gasteiger partial charge in [-0.2, -0.15) is 0 Å². The van der Waals surface area contributed by atoms with E-state index in [2.05, 4.69) is 22.3 Å². The number of hydrogen-bond acceptors (Lipinski definition) is 6. The van der Waals surface area contributed by atoms with Crippen molar-refractivity contribution in [2.24, 2.45) is 0 Å². The van der Waals surface area contributed by atoms with Gasteiger partial charge in [0.15, 0.2) is 6.23 Å². The van der Waals surface area contributed by atoms with Crippen molar-refractivity contribution in [3.05, 3.63) is 100 Å². The van der Waals surface area contributed by atoms with Gasteiger partial charge in [-0.15, -0.1) is 0 Å². The predicted molar refractivity (Wildman–Crippen MR) is 160 cm³/mol. The fourth-order valence-corrected chi connectivity index (χ4v) is 7.25. The molecule has 3 fully saturated rings. The van der Waals surface area contributed by atoms with Crippen LogP contribution < -0.4 is 10.2 Å². The zero-order valence-corrected chi connectivity index (χ0v) is 23.7. The standard InChI is InChI=1S/C34H32N4O5.H2/c39-30-28(10-11-29-31(35-30)43-29)37-19-23-17-22(8-9-25(23)32(37)40)21-12-14-36(15-13-21)18-20-4-3-5-24(16-20)38-33(41)26-6-1-2-7-27(26)34(38)42;/h1-9,16-17,21,28-29,31H,10-15,18-19H2,(H,35,39);1H. The molecule has 3 unspecified atom stereocenters. The number of carbonyl (C=O) groups excluding carboxylic acids is 4. The SMILES string of the molecule is O=C1NC2OC2CCC1N1Cc2cc(C3CCN(Cc4cccc(N5C(=O)c6ccccc6C5=O)c4)CC3)ccc2C1=O.[HH]. The highest BCUT2D eigenvalue weighted by atomic mass is 16.6. The van der Waals surface area contributed by atoms with Gasteiger partial charge in [0, 0.05) is 20.1 Å². The summed E-state index contributed by atoms with van der Waals surface area (Å²) in [7, 11) is 0. The minimum absolute atomic E-state index is 0. The molecule has 4 amide bonds. The van der Waals surface area contributed by atoms with Crippen LogP contribution in [-0.2, 0) is 22.6 Å². The molecule has 5 aliphatic heterocycles. The van der Waals surface area contributed by atoms with Gasteiger partial charge in [-0.25, -0.2) is 4.90 Å². The number of epoxide rings is 1. The molecule has 0 aliphatic carbocycles. The number of anilines is 1. The Morgan fingerprint density at radius 3 is 2.33 bits per heavy atom. The summed E-state index contributed by atoms with van der Waals surface area (Å²) in [4.78, 5) is 57.3. The molecule has 5 heterocycles. The molecule has 8 rings (SSSR count).